The molecule has 1 atom stereocenters. The van der Waals surface area contributed by atoms with E-state index < -0.39 is 0 Å². The molecule has 2 nitrogen and oxygen atoms in total. The number of nitrogens with two attached hydrogens (primary N) is 1. The second-order valence-corrected chi connectivity index (χ2v) is 4.74. The molecule has 1 aliphatic carbocycles. The van der Waals surface area contributed by atoms with E-state index in [1.54, 1.807) is 0 Å². The zero-order valence-corrected chi connectivity index (χ0v) is 11.2. The summed E-state index contributed by atoms with van der Waals surface area (Å²) in [5, 5.41) is 0. The standard InChI is InChI=1S/C14H21NO.ClH/c1-11(15)12-6-5-9-14(10-12)16-13-7-3-2-4-8-13;/h5-6,9-11,13H,2-4,7-8,15H2,1H3;1H. The zero-order chi connectivity index (χ0) is 11.4. The van der Waals surface area contributed by atoms with Crippen LogP contribution in [0, 0.1) is 0 Å². The number of hydrogen-bond acceptors (Lipinski definition) is 2. The van der Waals surface area contributed by atoms with Crippen molar-refractivity contribution >= 4 is 12.4 Å². The lowest BCUT2D eigenvalue weighted by molar-refractivity contribution is 0.155. The molecular weight excluding hydrogens is 234 g/mol. The van der Waals surface area contributed by atoms with Crippen molar-refractivity contribution in [1.82, 2.24) is 0 Å². The Bertz CT molecular complexity index is 335. The van der Waals surface area contributed by atoms with Crippen molar-refractivity contribution in [2.24, 2.45) is 5.73 Å². The highest BCUT2D eigenvalue weighted by Crippen LogP contribution is 2.24. The van der Waals surface area contributed by atoms with Crippen LogP contribution in [0.15, 0.2) is 24.3 Å². The highest BCUT2D eigenvalue weighted by atomic mass is 35.5. The molecule has 2 rings (SSSR count). The van der Waals surface area contributed by atoms with Crippen molar-refractivity contribution in [2.75, 3.05) is 0 Å². The molecule has 96 valence electrons. The first-order valence-electron chi connectivity index (χ1n) is 6.28. The van der Waals surface area contributed by atoms with E-state index in [9.17, 15) is 0 Å². The Morgan fingerprint density at radius 3 is 2.59 bits per heavy atom. The van der Waals surface area contributed by atoms with Crippen molar-refractivity contribution in [3.8, 4) is 5.75 Å². The minimum Gasteiger partial charge on any atom is -0.490 e. The molecule has 17 heavy (non-hydrogen) atoms. The molecule has 0 aliphatic heterocycles. The molecular formula is C14H22ClNO. The van der Waals surface area contributed by atoms with Gasteiger partial charge >= 0.3 is 0 Å². The van der Waals surface area contributed by atoms with E-state index in [1.807, 2.05) is 19.1 Å². The second-order valence-electron chi connectivity index (χ2n) is 4.74. The van der Waals surface area contributed by atoms with Gasteiger partial charge in [-0.3, -0.25) is 0 Å². The van der Waals surface area contributed by atoms with Gasteiger partial charge < -0.3 is 10.5 Å². The lowest BCUT2D eigenvalue weighted by atomic mass is 9.98. The molecule has 1 aliphatic rings. The first-order valence-corrected chi connectivity index (χ1v) is 6.28. The molecule has 0 bridgehead atoms. The van der Waals surface area contributed by atoms with Gasteiger partial charge in [0.25, 0.3) is 0 Å². The first-order chi connectivity index (χ1) is 7.75. The maximum Gasteiger partial charge on any atom is 0.120 e. The van der Waals surface area contributed by atoms with Crippen LogP contribution < -0.4 is 10.5 Å². The van der Waals surface area contributed by atoms with Crippen LogP contribution >= 0.6 is 12.4 Å². The Kier molecular flexibility index (Phi) is 5.79. The molecule has 1 saturated carbocycles. The van der Waals surface area contributed by atoms with Gasteiger partial charge in [-0.1, -0.05) is 18.6 Å². The van der Waals surface area contributed by atoms with Gasteiger partial charge in [-0.15, -0.1) is 12.4 Å². The number of halogens is 1. The lowest BCUT2D eigenvalue weighted by Crippen LogP contribution is -2.19. The van der Waals surface area contributed by atoms with Gasteiger partial charge in [0.05, 0.1) is 6.10 Å². The molecule has 0 radical (unpaired) electrons. The fourth-order valence-electron chi connectivity index (χ4n) is 2.25. The maximum atomic E-state index is 5.99. The molecule has 0 saturated heterocycles. The van der Waals surface area contributed by atoms with Gasteiger partial charge in [-0.05, 0) is 50.3 Å². The summed E-state index contributed by atoms with van der Waals surface area (Å²) in [5.74, 6) is 0.974. The predicted octanol–water partition coefficient (Wildman–Crippen LogP) is 3.84. The molecule has 0 aromatic heterocycles. The highest BCUT2D eigenvalue weighted by molar-refractivity contribution is 5.85. The van der Waals surface area contributed by atoms with Crippen LogP contribution in [-0.2, 0) is 0 Å². The molecule has 3 heteroatoms. The predicted molar refractivity (Wildman–Crippen MR) is 73.8 cm³/mol. The number of benzene rings is 1. The molecule has 1 aromatic rings. The van der Waals surface area contributed by atoms with E-state index in [-0.39, 0.29) is 18.4 Å². The van der Waals surface area contributed by atoms with Crippen LogP contribution in [0.4, 0.5) is 0 Å². The fraction of sp³-hybridized carbons (Fsp3) is 0.571. The topological polar surface area (TPSA) is 35.2 Å². The van der Waals surface area contributed by atoms with Crippen LogP contribution in [0.2, 0.25) is 0 Å². The molecule has 0 amide bonds. The summed E-state index contributed by atoms with van der Waals surface area (Å²) in [4.78, 5) is 0. The van der Waals surface area contributed by atoms with Crippen LogP contribution in [0.3, 0.4) is 0 Å². The summed E-state index contributed by atoms with van der Waals surface area (Å²) in [5.41, 5.74) is 7.01. The van der Waals surface area contributed by atoms with Crippen LogP contribution in [0.1, 0.15) is 50.6 Å². The molecule has 2 N–H and O–H groups in total. The van der Waals surface area contributed by atoms with E-state index in [2.05, 4.69) is 12.1 Å². The second kappa shape index (κ2) is 6.87. The van der Waals surface area contributed by atoms with Gasteiger partial charge in [0.1, 0.15) is 5.75 Å². The van der Waals surface area contributed by atoms with E-state index in [4.69, 9.17) is 10.5 Å². The van der Waals surface area contributed by atoms with Crippen molar-refractivity contribution in [3.63, 3.8) is 0 Å². The van der Waals surface area contributed by atoms with Crippen molar-refractivity contribution in [3.05, 3.63) is 29.8 Å². The number of ether oxygens (including phenoxy) is 1. The van der Waals surface area contributed by atoms with Crippen molar-refractivity contribution in [1.29, 1.82) is 0 Å². The third-order valence-electron chi connectivity index (χ3n) is 3.24. The minimum atomic E-state index is 0. The molecule has 0 heterocycles. The Morgan fingerprint density at radius 1 is 1.24 bits per heavy atom. The third kappa shape index (κ3) is 4.21. The monoisotopic (exact) mass is 255 g/mol. The van der Waals surface area contributed by atoms with E-state index in [0.717, 1.165) is 11.3 Å². The van der Waals surface area contributed by atoms with Gasteiger partial charge in [-0.25, -0.2) is 0 Å². The Morgan fingerprint density at radius 2 is 1.94 bits per heavy atom. The number of rotatable bonds is 3. The Balaban J connectivity index is 0.00000144. The Labute approximate surface area is 110 Å². The minimum absolute atomic E-state index is 0. The van der Waals surface area contributed by atoms with Crippen LogP contribution in [0.25, 0.3) is 0 Å². The normalized spacial score (nSPS) is 18.2. The van der Waals surface area contributed by atoms with Crippen molar-refractivity contribution in [2.45, 2.75) is 51.2 Å². The van der Waals surface area contributed by atoms with Crippen LogP contribution in [0.5, 0.6) is 5.75 Å². The van der Waals surface area contributed by atoms with E-state index in [0.29, 0.717) is 6.10 Å². The summed E-state index contributed by atoms with van der Waals surface area (Å²) < 4.78 is 5.99. The average molecular weight is 256 g/mol. The fourth-order valence-corrected chi connectivity index (χ4v) is 2.25. The number of hydrogen-bond donors (Lipinski definition) is 1. The summed E-state index contributed by atoms with van der Waals surface area (Å²) in [7, 11) is 0. The first kappa shape index (κ1) is 14.3. The summed E-state index contributed by atoms with van der Waals surface area (Å²) in [6.45, 7) is 2.00. The van der Waals surface area contributed by atoms with Crippen LogP contribution in [-0.4, -0.2) is 6.10 Å². The molecule has 0 spiro atoms. The van der Waals surface area contributed by atoms with E-state index in [1.165, 1.54) is 32.1 Å². The summed E-state index contributed by atoms with van der Waals surface area (Å²) in [6, 6.07) is 8.25. The lowest BCUT2D eigenvalue weighted by Gasteiger charge is -2.23. The largest absolute Gasteiger partial charge is 0.490 e. The third-order valence-corrected chi connectivity index (χ3v) is 3.24. The van der Waals surface area contributed by atoms with Gasteiger partial charge in [0, 0.05) is 6.04 Å². The highest BCUT2D eigenvalue weighted by Gasteiger charge is 2.14. The average Bonchev–Trinajstić information content (AvgIpc) is 2.30. The molecule has 1 aromatic carbocycles. The van der Waals surface area contributed by atoms with Crippen molar-refractivity contribution < 1.29 is 4.74 Å². The van der Waals surface area contributed by atoms with Gasteiger partial charge in [0.2, 0.25) is 0 Å². The quantitative estimate of drug-likeness (QED) is 0.891. The maximum absolute atomic E-state index is 5.99. The van der Waals surface area contributed by atoms with E-state index >= 15 is 0 Å². The smallest absolute Gasteiger partial charge is 0.120 e. The van der Waals surface area contributed by atoms with Gasteiger partial charge in [0.15, 0.2) is 0 Å². The Hall–Kier alpha value is -0.730. The van der Waals surface area contributed by atoms with Gasteiger partial charge in [-0.2, -0.15) is 0 Å². The zero-order valence-electron chi connectivity index (χ0n) is 10.4. The summed E-state index contributed by atoms with van der Waals surface area (Å²) >= 11 is 0. The molecule has 1 unspecified atom stereocenters. The SMILES string of the molecule is CC(N)c1cccc(OC2CCCCC2)c1.Cl. The molecule has 1 fully saturated rings. The summed E-state index contributed by atoms with van der Waals surface area (Å²) in [6.07, 6.45) is 6.77.